The largest absolute Gasteiger partial charge is 0.313 e. The number of rotatable bonds is 2. The van der Waals surface area contributed by atoms with Gasteiger partial charge in [0.25, 0.3) is 0 Å². The fraction of sp³-hybridized carbons (Fsp3) is 0.800. The lowest BCUT2D eigenvalue weighted by Crippen LogP contribution is -1.97. The molecule has 0 aliphatic heterocycles. The van der Waals surface area contributed by atoms with Crippen LogP contribution < -0.4 is 5.43 Å². The summed E-state index contributed by atoms with van der Waals surface area (Å²) in [5, 5.41) is 3.80. The van der Waals surface area contributed by atoms with Crippen molar-refractivity contribution in [3.05, 3.63) is 0 Å². The van der Waals surface area contributed by atoms with E-state index in [0.717, 1.165) is 0 Å². The van der Waals surface area contributed by atoms with Gasteiger partial charge in [-0.05, 0) is 5.92 Å². The van der Waals surface area contributed by atoms with E-state index in [2.05, 4.69) is 24.4 Å². The minimum absolute atomic E-state index is 0.549. The molecule has 0 heterocycles. The van der Waals surface area contributed by atoms with E-state index in [1.165, 1.54) is 0 Å². The second kappa shape index (κ2) is 3.65. The molecule has 0 aromatic rings. The van der Waals surface area contributed by atoms with Crippen LogP contribution in [0.3, 0.4) is 0 Å². The van der Waals surface area contributed by atoms with Gasteiger partial charge in [0.15, 0.2) is 0 Å². The highest BCUT2D eigenvalue weighted by Crippen LogP contribution is 1.81. The van der Waals surface area contributed by atoms with E-state index in [1.54, 1.807) is 7.05 Å². The van der Waals surface area contributed by atoms with Crippen LogP contribution in [0.15, 0.2) is 5.10 Å². The molecule has 0 aliphatic carbocycles. The molecular weight excluding hydrogens is 88.1 g/mol. The van der Waals surface area contributed by atoms with Gasteiger partial charge in [-0.2, -0.15) is 5.10 Å². The van der Waals surface area contributed by atoms with Crippen molar-refractivity contribution in [1.29, 1.82) is 0 Å². The lowest BCUT2D eigenvalue weighted by atomic mass is 10.3. The number of nitrogens with one attached hydrogen (secondary N) is 1. The van der Waals surface area contributed by atoms with Gasteiger partial charge in [-0.25, -0.2) is 0 Å². The average molecular weight is 100 g/mol. The van der Waals surface area contributed by atoms with Crippen LogP contribution in [-0.2, 0) is 0 Å². The van der Waals surface area contributed by atoms with Gasteiger partial charge in [0, 0.05) is 13.3 Å². The summed E-state index contributed by atoms with van der Waals surface area (Å²) in [4.78, 5) is 0. The third kappa shape index (κ3) is 5.47. The molecule has 0 unspecified atom stereocenters. The summed E-state index contributed by atoms with van der Waals surface area (Å²) in [6, 6.07) is 0. The van der Waals surface area contributed by atoms with E-state index in [-0.39, 0.29) is 0 Å². The summed E-state index contributed by atoms with van der Waals surface area (Å²) in [6.07, 6.45) is 1.86. The first-order chi connectivity index (χ1) is 3.27. The van der Waals surface area contributed by atoms with Crippen LogP contribution in [-0.4, -0.2) is 13.3 Å². The van der Waals surface area contributed by atoms with Crippen molar-refractivity contribution < 1.29 is 0 Å². The van der Waals surface area contributed by atoms with Crippen LogP contribution in [0.4, 0.5) is 0 Å². The fourth-order valence-corrected chi connectivity index (χ4v) is 0.224. The summed E-state index contributed by atoms with van der Waals surface area (Å²) in [6.45, 7) is 4.17. The van der Waals surface area contributed by atoms with Crippen molar-refractivity contribution in [2.24, 2.45) is 11.0 Å². The molecule has 0 radical (unpaired) electrons. The van der Waals surface area contributed by atoms with Crippen LogP contribution in [0.5, 0.6) is 0 Å². The minimum Gasteiger partial charge on any atom is -0.313 e. The molecule has 0 aromatic carbocycles. The lowest BCUT2D eigenvalue weighted by Gasteiger charge is -1.89. The first-order valence-electron chi connectivity index (χ1n) is 2.47. The third-order valence-corrected chi connectivity index (χ3v) is 0.502. The predicted molar refractivity (Wildman–Crippen MR) is 32.4 cm³/mol. The molecule has 42 valence electrons. The SMILES string of the molecule is CN/N=C\C(C)C. The molecule has 2 nitrogen and oxygen atoms in total. The third-order valence-electron chi connectivity index (χ3n) is 0.502. The Kier molecular flexibility index (Phi) is 3.38. The van der Waals surface area contributed by atoms with Crippen molar-refractivity contribution in [2.45, 2.75) is 13.8 Å². The van der Waals surface area contributed by atoms with Gasteiger partial charge in [0.05, 0.1) is 0 Å². The normalized spacial score (nSPS) is 10.9. The summed E-state index contributed by atoms with van der Waals surface area (Å²) >= 11 is 0. The molecule has 0 fully saturated rings. The molecule has 0 amide bonds. The Hall–Kier alpha value is -0.530. The zero-order valence-electron chi connectivity index (χ0n) is 5.10. The monoisotopic (exact) mass is 100 g/mol. The number of hydrogen-bond donors (Lipinski definition) is 1. The van der Waals surface area contributed by atoms with Crippen LogP contribution in [0.2, 0.25) is 0 Å². The summed E-state index contributed by atoms with van der Waals surface area (Å²) in [7, 11) is 1.79. The average Bonchev–Trinajstić information content (AvgIpc) is 1.61. The Morgan fingerprint density at radius 3 is 2.29 bits per heavy atom. The van der Waals surface area contributed by atoms with Crippen LogP contribution in [0, 0.1) is 5.92 Å². The molecule has 1 N–H and O–H groups in total. The molecule has 0 spiro atoms. The number of hydrazone groups is 1. The van der Waals surface area contributed by atoms with Crippen LogP contribution in [0.25, 0.3) is 0 Å². The van der Waals surface area contributed by atoms with E-state index in [1.807, 2.05) is 6.21 Å². The van der Waals surface area contributed by atoms with Crippen molar-refractivity contribution in [1.82, 2.24) is 5.43 Å². The molecule has 0 bridgehead atoms. The number of hydrogen-bond acceptors (Lipinski definition) is 2. The van der Waals surface area contributed by atoms with Crippen molar-refractivity contribution in [2.75, 3.05) is 7.05 Å². The molecule has 2 heteroatoms. The molecule has 7 heavy (non-hydrogen) atoms. The highest BCUT2D eigenvalue weighted by molar-refractivity contribution is 5.58. The summed E-state index contributed by atoms with van der Waals surface area (Å²) in [5.74, 6) is 0.549. The van der Waals surface area contributed by atoms with E-state index in [9.17, 15) is 0 Å². The van der Waals surface area contributed by atoms with Gasteiger partial charge in [-0.3, -0.25) is 0 Å². The fourth-order valence-electron chi connectivity index (χ4n) is 0.224. The number of nitrogens with zero attached hydrogens (tertiary/aromatic N) is 1. The highest BCUT2D eigenvalue weighted by atomic mass is 15.3. The highest BCUT2D eigenvalue weighted by Gasteiger charge is 1.79. The standard InChI is InChI=1S/C5H12N2/c1-5(2)4-7-6-3/h4-6H,1-3H3/b7-4-. The van der Waals surface area contributed by atoms with Gasteiger partial charge >= 0.3 is 0 Å². The Labute approximate surface area is 44.6 Å². The van der Waals surface area contributed by atoms with Crippen molar-refractivity contribution in [3.8, 4) is 0 Å². The van der Waals surface area contributed by atoms with Crippen molar-refractivity contribution >= 4 is 6.21 Å². The maximum atomic E-state index is 3.80. The molecule has 0 rings (SSSR count). The first kappa shape index (κ1) is 6.47. The van der Waals surface area contributed by atoms with Gasteiger partial charge < -0.3 is 5.43 Å². The molecule has 0 saturated heterocycles. The van der Waals surface area contributed by atoms with Gasteiger partial charge in [0.2, 0.25) is 0 Å². The zero-order chi connectivity index (χ0) is 5.70. The quantitative estimate of drug-likeness (QED) is 0.403. The molecular formula is C5H12N2. The van der Waals surface area contributed by atoms with Crippen LogP contribution in [0.1, 0.15) is 13.8 Å². The topological polar surface area (TPSA) is 24.4 Å². The maximum absolute atomic E-state index is 3.80. The molecule has 0 saturated carbocycles. The maximum Gasteiger partial charge on any atom is 0.0268 e. The minimum atomic E-state index is 0.549. The molecule has 0 aromatic heterocycles. The Morgan fingerprint density at radius 1 is 1.57 bits per heavy atom. The predicted octanol–water partition coefficient (Wildman–Crippen LogP) is 0.848. The summed E-state index contributed by atoms with van der Waals surface area (Å²) < 4.78 is 0. The van der Waals surface area contributed by atoms with E-state index in [0.29, 0.717) is 5.92 Å². The van der Waals surface area contributed by atoms with E-state index < -0.39 is 0 Å². The molecule has 0 aliphatic rings. The second-order valence-electron chi connectivity index (χ2n) is 1.75. The second-order valence-corrected chi connectivity index (χ2v) is 1.75. The van der Waals surface area contributed by atoms with Gasteiger partial charge in [-0.1, -0.05) is 13.8 Å². The molecule has 0 atom stereocenters. The smallest absolute Gasteiger partial charge is 0.0268 e. The van der Waals surface area contributed by atoms with Gasteiger partial charge in [-0.15, -0.1) is 0 Å². The van der Waals surface area contributed by atoms with Crippen molar-refractivity contribution in [3.63, 3.8) is 0 Å². The van der Waals surface area contributed by atoms with Gasteiger partial charge in [0.1, 0.15) is 0 Å². The van der Waals surface area contributed by atoms with Crippen LogP contribution >= 0.6 is 0 Å². The zero-order valence-corrected chi connectivity index (χ0v) is 5.10. The Balaban J connectivity index is 3.08. The Morgan fingerprint density at radius 2 is 2.14 bits per heavy atom. The Bertz CT molecular complexity index is 57.1. The van der Waals surface area contributed by atoms with E-state index in [4.69, 9.17) is 0 Å². The summed E-state index contributed by atoms with van der Waals surface area (Å²) in [5.41, 5.74) is 2.67. The first-order valence-corrected chi connectivity index (χ1v) is 2.47. The lowest BCUT2D eigenvalue weighted by molar-refractivity contribution is 0.848. The van der Waals surface area contributed by atoms with E-state index >= 15 is 0 Å².